The summed E-state index contributed by atoms with van der Waals surface area (Å²) in [6.45, 7) is 3.81. The van der Waals surface area contributed by atoms with Crippen LogP contribution in [-0.4, -0.2) is 8.32 Å². The molecule has 1 aromatic carbocycles. The molecule has 6 heteroatoms. The average Bonchev–Trinajstić information content (AvgIpc) is 2.01. The molecular formula is C8H11Cl2O2PSi. The number of rotatable bonds is 3. The SMILES string of the molecule is C[Si](C)(OP(=O)(Cl)Cl)c1ccccc1. The second kappa shape index (κ2) is 4.38. The quantitative estimate of drug-likeness (QED) is 0.617. The van der Waals surface area contributed by atoms with Crippen molar-refractivity contribution >= 4 is 42.1 Å². The van der Waals surface area contributed by atoms with Gasteiger partial charge in [-0.3, -0.25) is 4.57 Å². The summed E-state index contributed by atoms with van der Waals surface area (Å²) in [5.41, 5.74) is 0. The van der Waals surface area contributed by atoms with Crippen LogP contribution in [0.5, 0.6) is 0 Å². The number of benzene rings is 1. The van der Waals surface area contributed by atoms with Gasteiger partial charge in [-0.05, 0) is 40.8 Å². The van der Waals surface area contributed by atoms with Crippen molar-refractivity contribution in [2.75, 3.05) is 0 Å². The van der Waals surface area contributed by atoms with Gasteiger partial charge >= 0.3 is 6.07 Å². The average molecular weight is 269 g/mol. The van der Waals surface area contributed by atoms with Crippen LogP contribution in [0.15, 0.2) is 30.3 Å². The van der Waals surface area contributed by atoms with Gasteiger partial charge in [-0.25, -0.2) is 0 Å². The van der Waals surface area contributed by atoms with Gasteiger partial charge in [-0.15, -0.1) is 0 Å². The molecule has 0 radical (unpaired) electrons. The van der Waals surface area contributed by atoms with Gasteiger partial charge < -0.3 is 4.21 Å². The molecule has 0 bridgehead atoms. The van der Waals surface area contributed by atoms with Crippen LogP contribution >= 0.6 is 28.6 Å². The maximum atomic E-state index is 11.1. The first kappa shape index (κ1) is 12.3. The highest BCUT2D eigenvalue weighted by molar-refractivity contribution is 8.05. The van der Waals surface area contributed by atoms with Crippen LogP contribution in [0.3, 0.4) is 0 Å². The Morgan fingerprint density at radius 3 is 2.14 bits per heavy atom. The zero-order valence-corrected chi connectivity index (χ0v) is 11.3. The van der Waals surface area contributed by atoms with Crippen LogP contribution in [-0.2, 0) is 8.78 Å². The predicted molar refractivity (Wildman–Crippen MR) is 64.0 cm³/mol. The maximum Gasteiger partial charge on any atom is 0.370 e. The zero-order chi connectivity index (χ0) is 10.8. The van der Waals surface area contributed by atoms with Gasteiger partial charge in [0.15, 0.2) is 0 Å². The molecule has 0 fully saturated rings. The van der Waals surface area contributed by atoms with Gasteiger partial charge in [0, 0.05) is 0 Å². The molecule has 0 atom stereocenters. The lowest BCUT2D eigenvalue weighted by Gasteiger charge is -2.23. The molecule has 14 heavy (non-hydrogen) atoms. The van der Waals surface area contributed by atoms with Gasteiger partial charge in [0.2, 0.25) is 8.32 Å². The number of hydrogen-bond acceptors (Lipinski definition) is 2. The van der Waals surface area contributed by atoms with Crippen molar-refractivity contribution < 1.29 is 8.78 Å². The van der Waals surface area contributed by atoms with Gasteiger partial charge in [0.1, 0.15) is 0 Å². The van der Waals surface area contributed by atoms with Crippen molar-refractivity contribution in [3.05, 3.63) is 30.3 Å². The Morgan fingerprint density at radius 1 is 1.21 bits per heavy atom. The molecule has 2 nitrogen and oxygen atoms in total. The summed E-state index contributed by atoms with van der Waals surface area (Å²) in [6, 6.07) is 9.57. The van der Waals surface area contributed by atoms with E-state index in [1.54, 1.807) is 0 Å². The molecule has 0 N–H and O–H groups in total. The Bertz CT molecular complexity index is 350. The molecule has 78 valence electrons. The molecule has 1 aromatic rings. The summed E-state index contributed by atoms with van der Waals surface area (Å²) in [5, 5.41) is 1.02. The Balaban J connectivity index is 2.92. The molecule has 0 unspecified atom stereocenters. The monoisotopic (exact) mass is 268 g/mol. The van der Waals surface area contributed by atoms with Crippen LogP contribution in [0.1, 0.15) is 0 Å². The third kappa shape index (κ3) is 3.75. The van der Waals surface area contributed by atoms with Crippen molar-refractivity contribution in [3.63, 3.8) is 0 Å². The van der Waals surface area contributed by atoms with Crippen LogP contribution in [0.4, 0.5) is 0 Å². The first-order valence-corrected chi connectivity index (χ1v) is 10.4. The van der Waals surface area contributed by atoms with E-state index < -0.39 is 14.4 Å². The number of halogens is 2. The summed E-state index contributed by atoms with van der Waals surface area (Å²) >= 11 is 10.8. The van der Waals surface area contributed by atoms with Gasteiger partial charge in [-0.1, -0.05) is 30.3 Å². The van der Waals surface area contributed by atoms with E-state index in [9.17, 15) is 4.57 Å². The summed E-state index contributed by atoms with van der Waals surface area (Å²) in [6.07, 6.45) is -3.45. The van der Waals surface area contributed by atoms with Crippen molar-refractivity contribution in [1.82, 2.24) is 0 Å². The Hall–Kier alpha value is 0.207. The minimum Gasteiger partial charge on any atom is -0.344 e. The lowest BCUT2D eigenvalue weighted by Crippen LogP contribution is -2.42. The van der Waals surface area contributed by atoms with E-state index in [1.165, 1.54) is 0 Å². The summed E-state index contributed by atoms with van der Waals surface area (Å²) in [4.78, 5) is 0. The van der Waals surface area contributed by atoms with E-state index in [2.05, 4.69) is 0 Å². The van der Waals surface area contributed by atoms with Crippen molar-refractivity contribution in [1.29, 1.82) is 0 Å². The lowest BCUT2D eigenvalue weighted by atomic mass is 10.4. The Kier molecular flexibility index (Phi) is 3.84. The largest absolute Gasteiger partial charge is 0.370 e. The fourth-order valence-corrected chi connectivity index (χ4v) is 7.81. The fourth-order valence-electron chi connectivity index (χ4n) is 1.16. The van der Waals surface area contributed by atoms with Gasteiger partial charge in [0.25, 0.3) is 0 Å². The van der Waals surface area contributed by atoms with Gasteiger partial charge in [0.05, 0.1) is 0 Å². The molecule has 0 spiro atoms. The third-order valence-corrected chi connectivity index (χ3v) is 7.45. The maximum absolute atomic E-state index is 11.1. The molecule has 0 aliphatic heterocycles. The summed E-state index contributed by atoms with van der Waals surface area (Å²) in [7, 11) is -2.24. The molecule has 0 heterocycles. The molecule has 0 aromatic heterocycles. The standard InChI is InChI=1S/C8H11Cl2O2PSi/c1-14(2,12-13(9,10)11)8-6-4-3-5-7-8/h3-7H,1-2H3. The third-order valence-electron chi connectivity index (χ3n) is 1.80. The van der Waals surface area contributed by atoms with Crippen LogP contribution in [0.25, 0.3) is 0 Å². The zero-order valence-electron chi connectivity index (χ0n) is 7.91. The fraction of sp³-hybridized carbons (Fsp3) is 0.250. The Morgan fingerprint density at radius 2 is 1.71 bits per heavy atom. The molecule has 0 saturated heterocycles. The highest BCUT2D eigenvalue weighted by Gasteiger charge is 2.32. The molecule has 0 amide bonds. The van der Waals surface area contributed by atoms with E-state index in [-0.39, 0.29) is 0 Å². The highest BCUT2D eigenvalue weighted by Crippen LogP contribution is 2.59. The van der Waals surface area contributed by atoms with E-state index in [0.29, 0.717) is 0 Å². The second-order valence-corrected chi connectivity index (χ2v) is 11.7. The molecule has 0 aliphatic rings. The van der Waals surface area contributed by atoms with Crippen LogP contribution in [0.2, 0.25) is 13.1 Å². The van der Waals surface area contributed by atoms with Crippen molar-refractivity contribution in [2.45, 2.75) is 13.1 Å². The van der Waals surface area contributed by atoms with E-state index >= 15 is 0 Å². The first-order chi connectivity index (χ1) is 6.31. The number of hydrogen-bond donors (Lipinski definition) is 0. The smallest absolute Gasteiger partial charge is 0.344 e. The predicted octanol–water partition coefficient (Wildman–Crippen LogP) is 3.70. The highest BCUT2D eigenvalue weighted by atomic mass is 35.9. The normalized spacial score (nSPS) is 12.9. The van der Waals surface area contributed by atoms with Crippen molar-refractivity contribution in [2.24, 2.45) is 0 Å². The summed E-state index contributed by atoms with van der Waals surface area (Å²) < 4.78 is 16.4. The van der Waals surface area contributed by atoms with Crippen molar-refractivity contribution in [3.8, 4) is 0 Å². The lowest BCUT2D eigenvalue weighted by molar-refractivity contribution is 0.516. The minimum atomic E-state index is -3.45. The first-order valence-electron chi connectivity index (χ1n) is 4.07. The Labute approximate surface area is 94.3 Å². The molecule has 0 aliphatic carbocycles. The van der Waals surface area contributed by atoms with Crippen LogP contribution in [0, 0.1) is 0 Å². The van der Waals surface area contributed by atoms with E-state index in [0.717, 1.165) is 5.19 Å². The minimum absolute atomic E-state index is 1.02. The van der Waals surface area contributed by atoms with E-state index in [4.69, 9.17) is 26.7 Å². The molecule has 1 rings (SSSR count). The van der Waals surface area contributed by atoms with E-state index in [1.807, 2.05) is 43.4 Å². The van der Waals surface area contributed by atoms with Gasteiger partial charge in [-0.2, -0.15) is 0 Å². The summed E-state index contributed by atoms with van der Waals surface area (Å²) in [5.74, 6) is 0. The second-order valence-electron chi connectivity index (χ2n) is 3.38. The molecular weight excluding hydrogens is 258 g/mol. The van der Waals surface area contributed by atoms with Crippen LogP contribution < -0.4 is 5.19 Å². The topological polar surface area (TPSA) is 26.3 Å². The molecule has 0 saturated carbocycles.